The van der Waals surface area contributed by atoms with Crippen LogP contribution in [-0.2, 0) is 0 Å². The van der Waals surface area contributed by atoms with Crippen molar-refractivity contribution in [3.63, 3.8) is 0 Å². The van der Waals surface area contributed by atoms with Crippen molar-refractivity contribution in [3.8, 4) is 0 Å². The summed E-state index contributed by atoms with van der Waals surface area (Å²) < 4.78 is 0. The van der Waals surface area contributed by atoms with E-state index in [0.29, 0.717) is 5.92 Å². The van der Waals surface area contributed by atoms with Gasteiger partial charge in [0.25, 0.3) is 0 Å². The fourth-order valence-electron chi connectivity index (χ4n) is 2.59. The van der Waals surface area contributed by atoms with E-state index in [-0.39, 0.29) is 0 Å². The second-order valence-corrected chi connectivity index (χ2v) is 6.63. The highest BCUT2D eigenvalue weighted by Gasteiger charge is 2.09. The van der Waals surface area contributed by atoms with Gasteiger partial charge in [-0.3, -0.25) is 0 Å². The first-order valence-electron chi connectivity index (χ1n) is 8.15. The first kappa shape index (κ1) is 17.0. The Balaban J connectivity index is 2.85. The van der Waals surface area contributed by atoms with Gasteiger partial charge in [-0.05, 0) is 64.7 Å². The molecule has 0 aromatic carbocycles. The molecule has 0 radical (unpaired) electrons. The van der Waals surface area contributed by atoms with Gasteiger partial charge in [0.1, 0.15) is 0 Å². The lowest BCUT2D eigenvalue weighted by atomic mass is 9.88. The van der Waals surface area contributed by atoms with Gasteiger partial charge in [0.05, 0.1) is 0 Å². The minimum Gasteiger partial charge on any atom is -0.0853 e. The van der Waals surface area contributed by atoms with E-state index in [2.05, 4.69) is 65.0 Å². The summed E-state index contributed by atoms with van der Waals surface area (Å²) in [7, 11) is 0. The summed E-state index contributed by atoms with van der Waals surface area (Å²) in [5.41, 5.74) is 4.46. The maximum Gasteiger partial charge on any atom is -0.0161 e. The van der Waals surface area contributed by atoms with Crippen LogP contribution in [0, 0.1) is 11.8 Å². The first-order chi connectivity index (χ1) is 9.49. The summed E-state index contributed by atoms with van der Waals surface area (Å²) in [6, 6.07) is 0. The van der Waals surface area contributed by atoms with E-state index in [1.54, 1.807) is 5.57 Å². The van der Waals surface area contributed by atoms with Crippen LogP contribution in [0.5, 0.6) is 0 Å². The molecular formula is C20H32. The second kappa shape index (κ2) is 9.00. The third-order valence-electron chi connectivity index (χ3n) is 4.27. The Morgan fingerprint density at radius 1 is 0.950 bits per heavy atom. The molecule has 0 bridgehead atoms. The predicted octanol–water partition coefficient (Wildman–Crippen LogP) is 6.62. The molecule has 1 aliphatic rings. The topological polar surface area (TPSA) is 0 Å². The van der Waals surface area contributed by atoms with E-state index in [1.807, 2.05) is 0 Å². The van der Waals surface area contributed by atoms with Crippen LogP contribution >= 0.6 is 0 Å². The predicted molar refractivity (Wildman–Crippen MR) is 91.8 cm³/mol. The minimum absolute atomic E-state index is 0.696. The lowest BCUT2D eigenvalue weighted by Crippen LogP contribution is -2.05. The zero-order valence-electron chi connectivity index (χ0n) is 14.1. The lowest BCUT2D eigenvalue weighted by molar-refractivity contribution is 0.435. The smallest absolute Gasteiger partial charge is 0.0161 e. The van der Waals surface area contributed by atoms with Crippen LogP contribution in [0.25, 0.3) is 0 Å². The average Bonchev–Trinajstić information content (AvgIpc) is 2.37. The van der Waals surface area contributed by atoms with Gasteiger partial charge < -0.3 is 0 Å². The molecule has 0 saturated heterocycles. The molecule has 0 aliphatic heterocycles. The molecule has 0 aromatic rings. The van der Waals surface area contributed by atoms with Gasteiger partial charge in [0.15, 0.2) is 0 Å². The van der Waals surface area contributed by atoms with Gasteiger partial charge in [-0.2, -0.15) is 0 Å². The zero-order chi connectivity index (χ0) is 15.0. The molecule has 0 fully saturated rings. The van der Waals surface area contributed by atoms with Crippen LogP contribution in [0.15, 0.2) is 47.1 Å². The molecular weight excluding hydrogens is 240 g/mol. The molecule has 0 N–H and O–H groups in total. The summed E-state index contributed by atoms with van der Waals surface area (Å²) in [6.07, 6.45) is 17.9. The fourth-order valence-corrected chi connectivity index (χ4v) is 2.59. The zero-order valence-corrected chi connectivity index (χ0v) is 14.1. The van der Waals surface area contributed by atoms with Gasteiger partial charge >= 0.3 is 0 Å². The van der Waals surface area contributed by atoms with E-state index < -0.39 is 0 Å². The van der Waals surface area contributed by atoms with Crippen LogP contribution < -0.4 is 0 Å². The maximum atomic E-state index is 2.44. The molecule has 1 atom stereocenters. The fraction of sp³-hybridized carbons (Fsp3) is 0.600. The maximum absolute atomic E-state index is 2.44. The molecule has 0 heteroatoms. The van der Waals surface area contributed by atoms with Crippen molar-refractivity contribution in [2.24, 2.45) is 11.8 Å². The van der Waals surface area contributed by atoms with Crippen LogP contribution in [-0.4, -0.2) is 0 Å². The molecule has 0 amide bonds. The van der Waals surface area contributed by atoms with E-state index in [4.69, 9.17) is 0 Å². The minimum atomic E-state index is 0.696. The van der Waals surface area contributed by atoms with Gasteiger partial charge in [-0.15, -0.1) is 0 Å². The summed E-state index contributed by atoms with van der Waals surface area (Å²) in [5.74, 6) is 1.42. The van der Waals surface area contributed by atoms with Crippen LogP contribution in [0.4, 0.5) is 0 Å². The number of hydrogen-bond acceptors (Lipinski definition) is 0. The molecule has 0 heterocycles. The normalized spacial score (nSPS) is 28.1. The van der Waals surface area contributed by atoms with Crippen molar-refractivity contribution >= 4 is 0 Å². The van der Waals surface area contributed by atoms with Crippen LogP contribution in [0.3, 0.4) is 0 Å². The Labute approximate surface area is 126 Å². The Bertz CT molecular complexity index is 402. The van der Waals surface area contributed by atoms with Gasteiger partial charge in [0.2, 0.25) is 0 Å². The van der Waals surface area contributed by atoms with Crippen molar-refractivity contribution < 1.29 is 0 Å². The first-order valence-corrected chi connectivity index (χ1v) is 8.15. The van der Waals surface area contributed by atoms with Gasteiger partial charge in [-0.1, -0.05) is 60.9 Å². The van der Waals surface area contributed by atoms with Crippen molar-refractivity contribution in [2.45, 2.75) is 66.7 Å². The van der Waals surface area contributed by atoms with Gasteiger partial charge in [0, 0.05) is 0 Å². The molecule has 0 spiro atoms. The largest absolute Gasteiger partial charge is 0.0853 e. The second-order valence-electron chi connectivity index (χ2n) is 6.63. The molecule has 112 valence electrons. The molecule has 1 aliphatic carbocycles. The van der Waals surface area contributed by atoms with Crippen LogP contribution in [0.2, 0.25) is 0 Å². The summed E-state index contributed by atoms with van der Waals surface area (Å²) in [4.78, 5) is 0. The highest BCUT2D eigenvalue weighted by atomic mass is 14.1. The number of hydrogen-bond donors (Lipinski definition) is 0. The molecule has 0 aromatic heterocycles. The quantitative estimate of drug-likeness (QED) is 0.471. The monoisotopic (exact) mass is 272 g/mol. The summed E-state index contributed by atoms with van der Waals surface area (Å²) in [6.45, 7) is 11.4. The van der Waals surface area contributed by atoms with E-state index in [0.717, 1.165) is 12.3 Å². The average molecular weight is 272 g/mol. The lowest BCUT2D eigenvalue weighted by Gasteiger charge is -2.17. The highest BCUT2D eigenvalue weighted by Crippen LogP contribution is 2.23. The molecule has 1 rings (SSSR count). The van der Waals surface area contributed by atoms with E-state index in [9.17, 15) is 0 Å². The standard InChI is InChI=1S/C20H32/c1-16(2)20-14-12-18(4)10-6-8-17(3)9-7-11-19(5)13-15-20/h8,10-12,14,16,20H,6-7,9,13,15H2,1-5H3/b14-12?,17-8+,18-10?,19-11-/t20-/m0/s1. The molecule has 0 saturated carbocycles. The Kier molecular flexibility index (Phi) is 7.65. The van der Waals surface area contributed by atoms with Crippen molar-refractivity contribution in [2.75, 3.05) is 0 Å². The third kappa shape index (κ3) is 6.93. The molecule has 0 nitrogen and oxygen atoms in total. The molecule has 20 heavy (non-hydrogen) atoms. The third-order valence-corrected chi connectivity index (χ3v) is 4.27. The number of allylic oxidation sites excluding steroid dienone is 8. The Morgan fingerprint density at radius 2 is 1.65 bits per heavy atom. The Morgan fingerprint density at radius 3 is 2.35 bits per heavy atom. The van der Waals surface area contributed by atoms with Crippen molar-refractivity contribution in [3.05, 3.63) is 47.1 Å². The molecule has 0 unspecified atom stereocenters. The number of rotatable bonds is 1. The Hall–Kier alpha value is -1.04. The van der Waals surface area contributed by atoms with E-state index >= 15 is 0 Å². The van der Waals surface area contributed by atoms with Gasteiger partial charge in [-0.25, -0.2) is 0 Å². The summed E-state index contributed by atoms with van der Waals surface area (Å²) in [5, 5.41) is 0. The highest BCUT2D eigenvalue weighted by molar-refractivity contribution is 5.19. The summed E-state index contributed by atoms with van der Waals surface area (Å²) >= 11 is 0. The van der Waals surface area contributed by atoms with Crippen molar-refractivity contribution in [1.29, 1.82) is 0 Å². The SMILES string of the molecule is CC1=CC/C=C(\C)CC/C=C(/C)CC[C@@H](C(C)C)C=C1. The van der Waals surface area contributed by atoms with Crippen molar-refractivity contribution in [1.82, 2.24) is 0 Å². The van der Waals surface area contributed by atoms with E-state index in [1.165, 1.54) is 36.8 Å². The van der Waals surface area contributed by atoms with Crippen LogP contribution in [0.1, 0.15) is 66.7 Å².